The van der Waals surface area contributed by atoms with Gasteiger partial charge in [-0.15, -0.1) is 10.2 Å². The molecule has 2 aromatic heterocycles. The number of hydrogen-bond donors (Lipinski definition) is 0. The van der Waals surface area contributed by atoms with Gasteiger partial charge in [0.1, 0.15) is 12.2 Å². The molecular weight excluding hydrogens is 340 g/mol. The molecule has 0 saturated carbocycles. The molecule has 0 bridgehead atoms. The van der Waals surface area contributed by atoms with Crippen LogP contribution in [0.4, 0.5) is 0 Å². The second-order valence-corrected chi connectivity index (χ2v) is 6.16. The van der Waals surface area contributed by atoms with Crippen LogP contribution in [0.2, 0.25) is 0 Å². The van der Waals surface area contributed by atoms with Crippen molar-refractivity contribution in [2.24, 2.45) is 7.05 Å². The fraction of sp³-hybridized carbons (Fsp3) is 0.294. The lowest BCUT2D eigenvalue weighted by molar-refractivity contribution is -0.142. The molecule has 0 saturated heterocycles. The Morgan fingerprint density at radius 3 is 2.84 bits per heavy atom. The number of thioether (sulfide) groups is 1. The zero-order valence-electron chi connectivity index (χ0n) is 14.0. The van der Waals surface area contributed by atoms with Crippen LogP contribution in [-0.4, -0.2) is 32.3 Å². The van der Waals surface area contributed by atoms with Gasteiger partial charge in [0.2, 0.25) is 5.89 Å². The van der Waals surface area contributed by atoms with Crippen LogP contribution < -0.4 is 0 Å². The highest BCUT2D eigenvalue weighted by Crippen LogP contribution is 2.25. The Morgan fingerprint density at radius 1 is 1.28 bits per heavy atom. The molecule has 2 heterocycles. The van der Waals surface area contributed by atoms with Crippen LogP contribution in [0.1, 0.15) is 18.6 Å². The van der Waals surface area contributed by atoms with Crippen LogP contribution in [0.5, 0.6) is 0 Å². The Hall–Kier alpha value is -2.61. The van der Waals surface area contributed by atoms with E-state index in [-0.39, 0.29) is 12.4 Å². The molecule has 8 heteroatoms. The van der Waals surface area contributed by atoms with E-state index >= 15 is 0 Å². The third kappa shape index (κ3) is 4.27. The number of ether oxygens (including phenoxy) is 1. The number of carbonyl (C=O) groups excluding carboxylic acids is 1. The standard InChI is InChI=1S/C17H18N4O3S/c1-3-23-16(22)9-14-19-20-17(21(14)2)25-11-15-18-10-13(24-15)12-7-5-4-6-8-12/h4-8,10H,3,9,11H2,1-2H3. The summed E-state index contributed by atoms with van der Waals surface area (Å²) in [5.41, 5.74) is 0.988. The van der Waals surface area contributed by atoms with Crippen LogP contribution >= 0.6 is 11.8 Å². The lowest BCUT2D eigenvalue weighted by atomic mass is 10.2. The van der Waals surface area contributed by atoms with Gasteiger partial charge in [0.15, 0.2) is 10.9 Å². The minimum absolute atomic E-state index is 0.106. The van der Waals surface area contributed by atoms with E-state index in [4.69, 9.17) is 9.15 Å². The first-order chi connectivity index (χ1) is 12.2. The van der Waals surface area contributed by atoms with E-state index in [1.807, 2.05) is 37.4 Å². The summed E-state index contributed by atoms with van der Waals surface area (Å²) < 4.78 is 12.5. The largest absolute Gasteiger partial charge is 0.466 e. The molecule has 0 radical (unpaired) electrons. The summed E-state index contributed by atoms with van der Waals surface area (Å²) >= 11 is 1.45. The molecule has 1 aromatic carbocycles. The van der Waals surface area contributed by atoms with Gasteiger partial charge in [-0.2, -0.15) is 0 Å². The number of aromatic nitrogens is 4. The van der Waals surface area contributed by atoms with Gasteiger partial charge in [-0.25, -0.2) is 4.98 Å². The third-order valence-electron chi connectivity index (χ3n) is 3.47. The predicted octanol–water partition coefficient (Wildman–Crippen LogP) is 2.87. The second kappa shape index (κ2) is 7.98. The average Bonchev–Trinajstić information content (AvgIpc) is 3.22. The van der Waals surface area contributed by atoms with Crippen LogP contribution in [-0.2, 0) is 28.8 Å². The fourth-order valence-electron chi connectivity index (χ4n) is 2.20. The lowest BCUT2D eigenvalue weighted by Crippen LogP contribution is -2.11. The molecule has 25 heavy (non-hydrogen) atoms. The average molecular weight is 358 g/mol. The van der Waals surface area contributed by atoms with Gasteiger partial charge >= 0.3 is 5.97 Å². The van der Waals surface area contributed by atoms with Gasteiger partial charge in [0, 0.05) is 12.6 Å². The zero-order valence-corrected chi connectivity index (χ0v) is 14.8. The van der Waals surface area contributed by atoms with Crippen LogP contribution in [0.15, 0.2) is 46.1 Å². The molecular formula is C17H18N4O3S. The van der Waals surface area contributed by atoms with E-state index in [1.54, 1.807) is 17.7 Å². The zero-order chi connectivity index (χ0) is 17.6. The van der Waals surface area contributed by atoms with E-state index in [1.165, 1.54) is 11.8 Å². The normalized spacial score (nSPS) is 10.8. The van der Waals surface area contributed by atoms with E-state index in [2.05, 4.69) is 15.2 Å². The van der Waals surface area contributed by atoms with Crippen molar-refractivity contribution < 1.29 is 13.9 Å². The Balaban J connectivity index is 1.62. The van der Waals surface area contributed by atoms with Crippen molar-refractivity contribution in [1.29, 1.82) is 0 Å². The number of carbonyl (C=O) groups is 1. The van der Waals surface area contributed by atoms with Crippen molar-refractivity contribution in [2.45, 2.75) is 24.3 Å². The lowest BCUT2D eigenvalue weighted by Gasteiger charge is -2.03. The maximum atomic E-state index is 11.6. The molecule has 0 aliphatic rings. The number of esters is 1. The van der Waals surface area contributed by atoms with E-state index in [0.29, 0.717) is 29.2 Å². The smallest absolute Gasteiger partial charge is 0.313 e. The van der Waals surface area contributed by atoms with Gasteiger partial charge in [-0.05, 0) is 6.92 Å². The minimum Gasteiger partial charge on any atom is -0.466 e. The molecule has 3 rings (SSSR count). The summed E-state index contributed by atoms with van der Waals surface area (Å²) in [5, 5.41) is 8.84. The summed E-state index contributed by atoms with van der Waals surface area (Å²) in [5.74, 6) is 2.13. The summed E-state index contributed by atoms with van der Waals surface area (Å²) in [7, 11) is 1.82. The molecule has 0 fully saturated rings. The van der Waals surface area contributed by atoms with Crippen LogP contribution in [0, 0.1) is 0 Å². The Morgan fingerprint density at radius 2 is 2.08 bits per heavy atom. The summed E-state index contributed by atoms with van der Waals surface area (Å²) in [6.45, 7) is 2.13. The molecule has 130 valence electrons. The summed E-state index contributed by atoms with van der Waals surface area (Å²) in [6, 6.07) is 9.82. The van der Waals surface area contributed by atoms with Crippen LogP contribution in [0.25, 0.3) is 11.3 Å². The molecule has 0 atom stereocenters. The topological polar surface area (TPSA) is 83.0 Å². The van der Waals surface area contributed by atoms with E-state index in [0.717, 1.165) is 11.3 Å². The first-order valence-electron chi connectivity index (χ1n) is 7.84. The Bertz CT molecular complexity index is 845. The van der Waals surface area contributed by atoms with Crippen molar-refractivity contribution in [3.8, 4) is 11.3 Å². The molecule has 0 spiro atoms. The van der Waals surface area contributed by atoms with Gasteiger partial charge < -0.3 is 13.7 Å². The maximum absolute atomic E-state index is 11.6. The SMILES string of the molecule is CCOC(=O)Cc1nnc(SCc2ncc(-c3ccccc3)o2)n1C. The highest BCUT2D eigenvalue weighted by atomic mass is 32.2. The molecule has 0 N–H and O–H groups in total. The molecule has 7 nitrogen and oxygen atoms in total. The number of oxazole rings is 1. The number of benzene rings is 1. The number of nitrogens with zero attached hydrogens (tertiary/aromatic N) is 4. The summed E-state index contributed by atoms with van der Waals surface area (Å²) in [4.78, 5) is 15.9. The third-order valence-corrected chi connectivity index (χ3v) is 4.47. The van der Waals surface area contributed by atoms with Crippen LogP contribution in [0.3, 0.4) is 0 Å². The molecule has 3 aromatic rings. The minimum atomic E-state index is -0.310. The quantitative estimate of drug-likeness (QED) is 0.474. The summed E-state index contributed by atoms with van der Waals surface area (Å²) in [6.07, 6.45) is 1.82. The van der Waals surface area contributed by atoms with Crippen molar-refractivity contribution in [1.82, 2.24) is 19.7 Å². The van der Waals surface area contributed by atoms with Gasteiger partial charge in [0.25, 0.3) is 0 Å². The van der Waals surface area contributed by atoms with E-state index < -0.39 is 0 Å². The predicted molar refractivity (Wildman–Crippen MR) is 92.8 cm³/mol. The maximum Gasteiger partial charge on any atom is 0.313 e. The number of hydrogen-bond acceptors (Lipinski definition) is 7. The van der Waals surface area contributed by atoms with Crippen molar-refractivity contribution in [3.05, 3.63) is 48.2 Å². The van der Waals surface area contributed by atoms with Gasteiger partial charge in [-0.1, -0.05) is 42.1 Å². The van der Waals surface area contributed by atoms with Crippen molar-refractivity contribution in [2.75, 3.05) is 6.61 Å². The van der Waals surface area contributed by atoms with Gasteiger partial charge in [0.05, 0.1) is 18.6 Å². The second-order valence-electron chi connectivity index (χ2n) is 5.21. The fourth-order valence-corrected chi connectivity index (χ4v) is 2.99. The van der Waals surface area contributed by atoms with Gasteiger partial charge in [-0.3, -0.25) is 4.79 Å². The van der Waals surface area contributed by atoms with E-state index in [9.17, 15) is 4.79 Å². The Labute approximate surface area is 149 Å². The Kier molecular flexibility index (Phi) is 5.49. The molecule has 0 unspecified atom stereocenters. The first-order valence-corrected chi connectivity index (χ1v) is 8.82. The molecule has 0 amide bonds. The molecule has 0 aliphatic heterocycles. The molecule has 0 aliphatic carbocycles. The van der Waals surface area contributed by atoms with Crippen molar-refractivity contribution in [3.63, 3.8) is 0 Å². The monoisotopic (exact) mass is 358 g/mol. The number of rotatable bonds is 7. The first kappa shape index (κ1) is 17.2. The highest BCUT2D eigenvalue weighted by molar-refractivity contribution is 7.98. The van der Waals surface area contributed by atoms with Crippen molar-refractivity contribution >= 4 is 17.7 Å². The highest BCUT2D eigenvalue weighted by Gasteiger charge is 2.15.